The Hall–Kier alpha value is -4.01. The first kappa shape index (κ1) is 33.5. The molecule has 0 saturated carbocycles. The molecule has 0 saturated heterocycles. The molecule has 1 unspecified atom stereocenters. The van der Waals surface area contributed by atoms with Crippen molar-refractivity contribution in [3.8, 4) is 11.5 Å². The Bertz CT molecular complexity index is 1360. The molecule has 0 aliphatic heterocycles. The van der Waals surface area contributed by atoms with Crippen LogP contribution in [0.25, 0.3) is 0 Å². The normalized spacial score (nSPS) is 12.5. The highest BCUT2D eigenvalue weighted by Crippen LogP contribution is 2.34. The van der Waals surface area contributed by atoms with Gasteiger partial charge in [0.25, 0.3) is 0 Å². The number of hydrogen-bond donors (Lipinski definition) is 2. The maximum absolute atomic E-state index is 12.8. The summed E-state index contributed by atoms with van der Waals surface area (Å²) in [5.74, 6) is -0.869. The molecule has 1 atom stereocenters. The predicted molar refractivity (Wildman–Crippen MR) is 166 cm³/mol. The molecule has 0 heterocycles. The second kappa shape index (κ2) is 14.9. The molecule has 8 heteroatoms. The molecule has 0 fully saturated rings. The van der Waals surface area contributed by atoms with E-state index in [1.165, 1.54) is 0 Å². The van der Waals surface area contributed by atoms with Crippen LogP contribution in [0.1, 0.15) is 64.3 Å². The van der Waals surface area contributed by atoms with Crippen LogP contribution in [0.5, 0.6) is 11.5 Å². The summed E-state index contributed by atoms with van der Waals surface area (Å²) in [6.45, 7) is 12.1. The number of esters is 2. The van der Waals surface area contributed by atoms with Crippen molar-refractivity contribution in [2.24, 2.45) is 10.8 Å². The number of carbonyl (C=O) groups excluding carboxylic acids is 3. The van der Waals surface area contributed by atoms with Gasteiger partial charge in [0.1, 0.15) is 0 Å². The fourth-order valence-electron chi connectivity index (χ4n) is 4.03. The third kappa shape index (κ3) is 11.0. The first-order chi connectivity index (χ1) is 20.2. The number of aliphatic hydroxyl groups excluding tert-OH is 1. The van der Waals surface area contributed by atoms with Crippen molar-refractivity contribution in [3.63, 3.8) is 0 Å². The number of rotatable bonds is 12. The van der Waals surface area contributed by atoms with Gasteiger partial charge in [0.2, 0.25) is 5.91 Å². The Morgan fingerprint density at radius 2 is 1.30 bits per heavy atom. The third-order valence-corrected chi connectivity index (χ3v) is 6.62. The zero-order chi connectivity index (χ0) is 31.6. The van der Waals surface area contributed by atoms with Gasteiger partial charge in [-0.3, -0.25) is 19.3 Å². The molecule has 0 aliphatic rings. The van der Waals surface area contributed by atoms with Crippen LogP contribution in [0.15, 0.2) is 78.9 Å². The second-order valence-corrected chi connectivity index (χ2v) is 12.7. The Labute approximate surface area is 255 Å². The molecule has 3 aromatic carbocycles. The van der Waals surface area contributed by atoms with Crippen LogP contribution >= 0.6 is 0 Å². The molecule has 2 N–H and O–H groups in total. The van der Waals surface area contributed by atoms with E-state index < -0.39 is 28.9 Å². The fraction of sp³-hybridized carbons (Fsp3) is 0.400. The highest BCUT2D eigenvalue weighted by atomic mass is 16.6. The van der Waals surface area contributed by atoms with E-state index in [4.69, 9.17) is 9.47 Å². The van der Waals surface area contributed by atoms with E-state index in [0.717, 1.165) is 11.1 Å². The summed E-state index contributed by atoms with van der Waals surface area (Å²) in [7, 11) is 0. The maximum Gasteiger partial charge on any atom is 0.316 e. The quantitative estimate of drug-likeness (QED) is 0.213. The molecular formula is C35H44N2O6. The molecule has 0 aliphatic carbocycles. The summed E-state index contributed by atoms with van der Waals surface area (Å²) >= 11 is 0. The van der Waals surface area contributed by atoms with Gasteiger partial charge >= 0.3 is 11.9 Å². The molecule has 0 aromatic heterocycles. The van der Waals surface area contributed by atoms with Crippen molar-refractivity contribution in [1.29, 1.82) is 0 Å². The van der Waals surface area contributed by atoms with Crippen LogP contribution in [-0.4, -0.2) is 47.5 Å². The lowest BCUT2D eigenvalue weighted by molar-refractivity contribution is -0.145. The number of ether oxygens (including phenoxy) is 2. The SMILES string of the molecule is CC(C)(C)C(=O)Oc1ccc(C(O)CN(CCNC(=O)Cc2ccccc2)Cc2ccccc2)cc1OC(=O)C(C)(C)C. The predicted octanol–water partition coefficient (Wildman–Crippen LogP) is 5.48. The van der Waals surface area contributed by atoms with Crippen LogP contribution < -0.4 is 14.8 Å². The molecule has 0 radical (unpaired) electrons. The van der Waals surface area contributed by atoms with E-state index in [-0.39, 0.29) is 24.0 Å². The number of benzene rings is 3. The van der Waals surface area contributed by atoms with E-state index in [9.17, 15) is 19.5 Å². The van der Waals surface area contributed by atoms with Crippen molar-refractivity contribution >= 4 is 17.8 Å². The first-order valence-electron chi connectivity index (χ1n) is 14.6. The molecule has 0 bridgehead atoms. The summed E-state index contributed by atoms with van der Waals surface area (Å²) in [6.07, 6.45) is -0.659. The van der Waals surface area contributed by atoms with Crippen LogP contribution in [0.3, 0.4) is 0 Å². The monoisotopic (exact) mass is 588 g/mol. The fourth-order valence-corrected chi connectivity index (χ4v) is 4.03. The van der Waals surface area contributed by atoms with Crippen molar-refractivity contribution in [2.45, 2.75) is 60.6 Å². The van der Waals surface area contributed by atoms with Gasteiger partial charge in [-0.15, -0.1) is 0 Å². The average molecular weight is 589 g/mol. The van der Waals surface area contributed by atoms with E-state index in [1.54, 1.807) is 59.7 Å². The van der Waals surface area contributed by atoms with Crippen LogP contribution in [0, 0.1) is 10.8 Å². The Morgan fingerprint density at radius 1 is 0.767 bits per heavy atom. The van der Waals surface area contributed by atoms with Gasteiger partial charge in [-0.2, -0.15) is 0 Å². The molecule has 8 nitrogen and oxygen atoms in total. The smallest absolute Gasteiger partial charge is 0.316 e. The largest absolute Gasteiger partial charge is 0.422 e. The summed E-state index contributed by atoms with van der Waals surface area (Å²) in [5.41, 5.74) is 0.944. The third-order valence-electron chi connectivity index (χ3n) is 6.62. The standard InChI is InChI=1S/C35H44N2O6/c1-34(2,3)32(40)42-29-18-17-27(22-30(29)43-33(41)35(4,5)6)28(38)24-37(23-26-15-11-8-12-16-26)20-19-36-31(39)21-25-13-9-7-10-14-25/h7-18,22,28,38H,19-21,23-24H2,1-6H3,(H,36,39). The lowest BCUT2D eigenvalue weighted by Crippen LogP contribution is -2.37. The van der Waals surface area contributed by atoms with Crippen molar-refractivity contribution < 1.29 is 29.0 Å². The Balaban J connectivity index is 1.77. The van der Waals surface area contributed by atoms with Crippen LogP contribution in [0.2, 0.25) is 0 Å². The average Bonchev–Trinajstić information content (AvgIpc) is 2.93. The lowest BCUT2D eigenvalue weighted by Gasteiger charge is -2.26. The minimum absolute atomic E-state index is 0.0665. The topological polar surface area (TPSA) is 105 Å². The molecule has 1 amide bonds. The van der Waals surface area contributed by atoms with Gasteiger partial charge in [-0.05, 0) is 70.4 Å². The van der Waals surface area contributed by atoms with Gasteiger partial charge in [-0.25, -0.2) is 0 Å². The Morgan fingerprint density at radius 3 is 1.86 bits per heavy atom. The highest BCUT2D eigenvalue weighted by Gasteiger charge is 2.29. The molecule has 3 aromatic rings. The number of amides is 1. The van der Waals surface area contributed by atoms with Gasteiger partial charge in [0, 0.05) is 26.2 Å². The number of hydrogen-bond acceptors (Lipinski definition) is 7. The maximum atomic E-state index is 12.8. The van der Waals surface area contributed by atoms with Crippen molar-refractivity contribution in [2.75, 3.05) is 19.6 Å². The molecule has 230 valence electrons. The Kier molecular flexibility index (Phi) is 11.6. The van der Waals surface area contributed by atoms with Crippen LogP contribution in [-0.2, 0) is 27.3 Å². The molecule has 43 heavy (non-hydrogen) atoms. The van der Waals surface area contributed by atoms with Crippen molar-refractivity contribution in [3.05, 3.63) is 95.6 Å². The minimum atomic E-state index is -0.955. The zero-order valence-corrected chi connectivity index (χ0v) is 26.1. The van der Waals surface area contributed by atoms with Gasteiger partial charge in [0.15, 0.2) is 11.5 Å². The number of nitrogens with one attached hydrogen (secondary N) is 1. The van der Waals surface area contributed by atoms with E-state index in [2.05, 4.69) is 10.2 Å². The lowest BCUT2D eigenvalue weighted by atomic mass is 9.97. The van der Waals surface area contributed by atoms with Crippen LogP contribution in [0.4, 0.5) is 0 Å². The summed E-state index contributed by atoms with van der Waals surface area (Å²) < 4.78 is 11.3. The number of nitrogens with zero attached hydrogens (tertiary/aromatic N) is 1. The van der Waals surface area contributed by atoms with Gasteiger partial charge in [0.05, 0.1) is 23.4 Å². The summed E-state index contributed by atoms with van der Waals surface area (Å²) in [4.78, 5) is 39.9. The summed E-state index contributed by atoms with van der Waals surface area (Å²) in [5, 5.41) is 14.3. The first-order valence-corrected chi connectivity index (χ1v) is 14.6. The zero-order valence-electron chi connectivity index (χ0n) is 26.1. The number of aliphatic hydroxyl groups is 1. The second-order valence-electron chi connectivity index (χ2n) is 12.7. The molecule has 3 rings (SSSR count). The number of carbonyl (C=O) groups is 3. The summed E-state index contributed by atoms with van der Waals surface area (Å²) in [6, 6.07) is 24.2. The van der Waals surface area contributed by atoms with E-state index in [0.29, 0.717) is 31.6 Å². The highest BCUT2D eigenvalue weighted by molar-refractivity contribution is 5.81. The van der Waals surface area contributed by atoms with E-state index >= 15 is 0 Å². The minimum Gasteiger partial charge on any atom is -0.422 e. The molecule has 0 spiro atoms. The van der Waals surface area contributed by atoms with E-state index in [1.807, 2.05) is 60.7 Å². The molecular weight excluding hydrogens is 544 g/mol. The van der Waals surface area contributed by atoms with Gasteiger partial charge < -0.3 is 19.9 Å². The van der Waals surface area contributed by atoms with Crippen molar-refractivity contribution in [1.82, 2.24) is 10.2 Å². The van der Waals surface area contributed by atoms with Gasteiger partial charge in [-0.1, -0.05) is 66.7 Å².